The van der Waals surface area contributed by atoms with Gasteiger partial charge in [-0.15, -0.1) is 0 Å². The van der Waals surface area contributed by atoms with Crippen LogP contribution in [-0.4, -0.2) is 30.5 Å². The molecule has 1 aromatic heterocycles. The zero-order chi connectivity index (χ0) is 14.5. The average molecular weight is 275 g/mol. The summed E-state index contributed by atoms with van der Waals surface area (Å²) in [7, 11) is 3.31. The molecular weight excluding hydrogens is 254 g/mol. The van der Waals surface area contributed by atoms with Gasteiger partial charge >= 0.3 is 0 Å². The van der Waals surface area contributed by atoms with Gasteiger partial charge in [0.15, 0.2) is 0 Å². The number of hydrogen-bond donors (Lipinski definition) is 2. The molecule has 1 aromatic carbocycles. The molecule has 0 fully saturated rings. The first-order valence-corrected chi connectivity index (χ1v) is 6.63. The Balaban J connectivity index is 2.37. The van der Waals surface area contributed by atoms with Crippen LogP contribution in [0.25, 0.3) is 11.3 Å². The molecule has 0 aliphatic heterocycles. The van der Waals surface area contributed by atoms with Gasteiger partial charge in [-0.2, -0.15) is 5.10 Å². The molecule has 5 nitrogen and oxygen atoms in total. The van der Waals surface area contributed by atoms with Crippen LogP contribution < -0.4 is 14.8 Å². The minimum atomic E-state index is 0.421. The highest BCUT2D eigenvalue weighted by molar-refractivity contribution is 5.71. The van der Waals surface area contributed by atoms with Crippen LogP contribution in [0, 0.1) is 0 Å². The van der Waals surface area contributed by atoms with E-state index in [4.69, 9.17) is 9.47 Å². The summed E-state index contributed by atoms with van der Waals surface area (Å²) < 4.78 is 10.7. The highest BCUT2D eigenvalue weighted by Gasteiger charge is 2.14. The Labute approximate surface area is 119 Å². The molecule has 20 heavy (non-hydrogen) atoms. The van der Waals surface area contributed by atoms with E-state index in [1.165, 1.54) is 0 Å². The van der Waals surface area contributed by atoms with Gasteiger partial charge in [-0.3, -0.25) is 5.10 Å². The highest BCUT2D eigenvalue weighted by atomic mass is 16.5. The molecule has 0 atom stereocenters. The Morgan fingerprint density at radius 2 is 2.05 bits per heavy atom. The molecule has 0 saturated carbocycles. The van der Waals surface area contributed by atoms with E-state index in [-0.39, 0.29) is 0 Å². The zero-order valence-electron chi connectivity index (χ0n) is 12.4. The molecule has 0 radical (unpaired) electrons. The second-order valence-corrected chi connectivity index (χ2v) is 4.87. The van der Waals surface area contributed by atoms with E-state index in [2.05, 4.69) is 29.4 Å². The van der Waals surface area contributed by atoms with E-state index < -0.39 is 0 Å². The first kappa shape index (κ1) is 14.4. The third-order valence-electron chi connectivity index (χ3n) is 3.09. The Hall–Kier alpha value is -2.01. The van der Waals surface area contributed by atoms with Crippen molar-refractivity contribution in [1.82, 2.24) is 15.5 Å². The lowest BCUT2D eigenvalue weighted by Gasteiger charge is -2.12. The van der Waals surface area contributed by atoms with E-state index in [1.54, 1.807) is 14.2 Å². The summed E-state index contributed by atoms with van der Waals surface area (Å²) in [5.74, 6) is 1.58. The molecule has 108 valence electrons. The predicted octanol–water partition coefficient (Wildman–Crippen LogP) is 2.59. The van der Waals surface area contributed by atoms with E-state index in [0.717, 1.165) is 34.9 Å². The van der Waals surface area contributed by atoms with Crippen LogP contribution in [0.15, 0.2) is 24.4 Å². The lowest BCUT2D eigenvalue weighted by Crippen LogP contribution is -2.21. The number of aromatic nitrogens is 2. The van der Waals surface area contributed by atoms with Gasteiger partial charge in [-0.05, 0) is 18.2 Å². The van der Waals surface area contributed by atoms with Gasteiger partial charge in [0.05, 0.1) is 26.1 Å². The van der Waals surface area contributed by atoms with Crippen molar-refractivity contribution in [3.63, 3.8) is 0 Å². The van der Waals surface area contributed by atoms with Crippen LogP contribution >= 0.6 is 0 Å². The van der Waals surface area contributed by atoms with Crippen molar-refractivity contribution in [1.29, 1.82) is 0 Å². The second-order valence-electron chi connectivity index (χ2n) is 4.87. The molecule has 0 saturated heterocycles. The van der Waals surface area contributed by atoms with Crippen LogP contribution in [0.3, 0.4) is 0 Å². The lowest BCUT2D eigenvalue weighted by molar-refractivity contribution is 0.404. The minimum absolute atomic E-state index is 0.421. The molecule has 1 heterocycles. The van der Waals surface area contributed by atoms with E-state index in [1.807, 2.05) is 24.4 Å². The van der Waals surface area contributed by atoms with E-state index in [9.17, 15) is 0 Å². The number of hydrogen-bond acceptors (Lipinski definition) is 4. The van der Waals surface area contributed by atoms with Crippen molar-refractivity contribution in [2.45, 2.75) is 26.4 Å². The second kappa shape index (κ2) is 6.43. The fraction of sp³-hybridized carbons (Fsp3) is 0.400. The van der Waals surface area contributed by atoms with Gasteiger partial charge in [0.1, 0.15) is 11.5 Å². The number of nitrogens with zero attached hydrogens (tertiary/aromatic N) is 1. The molecule has 5 heteroatoms. The van der Waals surface area contributed by atoms with Crippen LogP contribution in [0.5, 0.6) is 11.5 Å². The summed E-state index contributed by atoms with van der Waals surface area (Å²) in [4.78, 5) is 0. The van der Waals surface area contributed by atoms with Gasteiger partial charge in [-0.25, -0.2) is 0 Å². The fourth-order valence-corrected chi connectivity index (χ4v) is 2.00. The third kappa shape index (κ3) is 3.11. The summed E-state index contributed by atoms with van der Waals surface area (Å²) in [5.41, 5.74) is 3.00. The monoisotopic (exact) mass is 275 g/mol. The number of rotatable bonds is 6. The van der Waals surface area contributed by atoms with Crippen molar-refractivity contribution in [2.24, 2.45) is 0 Å². The molecule has 0 aliphatic rings. The summed E-state index contributed by atoms with van der Waals surface area (Å²) in [6.45, 7) is 4.99. The third-order valence-corrected chi connectivity index (χ3v) is 3.09. The largest absolute Gasteiger partial charge is 0.497 e. The van der Waals surface area contributed by atoms with Gasteiger partial charge in [0.2, 0.25) is 0 Å². The van der Waals surface area contributed by atoms with Crippen molar-refractivity contribution in [2.75, 3.05) is 14.2 Å². The highest BCUT2D eigenvalue weighted by Crippen LogP contribution is 2.33. The normalized spacial score (nSPS) is 10.8. The van der Waals surface area contributed by atoms with Crippen molar-refractivity contribution >= 4 is 0 Å². The van der Waals surface area contributed by atoms with Crippen LogP contribution in [-0.2, 0) is 6.54 Å². The smallest absolute Gasteiger partial charge is 0.128 e. The molecule has 0 aliphatic carbocycles. The first-order chi connectivity index (χ1) is 9.65. The summed E-state index contributed by atoms with van der Waals surface area (Å²) in [6, 6.07) is 6.15. The van der Waals surface area contributed by atoms with E-state index in [0.29, 0.717) is 6.04 Å². The number of nitrogens with one attached hydrogen (secondary N) is 2. The summed E-state index contributed by atoms with van der Waals surface area (Å²) in [5, 5.41) is 10.6. The topological polar surface area (TPSA) is 59.2 Å². The minimum Gasteiger partial charge on any atom is -0.497 e. The molecule has 0 spiro atoms. The maximum absolute atomic E-state index is 5.43. The zero-order valence-corrected chi connectivity index (χ0v) is 12.4. The fourth-order valence-electron chi connectivity index (χ4n) is 2.00. The van der Waals surface area contributed by atoms with Crippen LogP contribution in [0.1, 0.15) is 19.4 Å². The molecule has 0 amide bonds. The lowest BCUT2D eigenvalue weighted by atomic mass is 10.1. The van der Waals surface area contributed by atoms with Gasteiger partial charge in [-0.1, -0.05) is 13.8 Å². The van der Waals surface area contributed by atoms with Crippen LogP contribution in [0.2, 0.25) is 0 Å². The number of methoxy groups -OCH3 is 2. The molecule has 2 aromatic rings. The summed E-state index contributed by atoms with van der Waals surface area (Å²) >= 11 is 0. The standard InChI is InChI=1S/C15H21N3O2/c1-10(2)16-8-11-9-17-18-15(11)13-7-12(19-3)5-6-14(13)20-4/h5-7,9-10,16H,8H2,1-4H3,(H,17,18). The molecule has 2 rings (SSSR count). The van der Waals surface area contributed by atoms with Gasteiger partial charge < -0.3 is 14.8 Å². The molecule has 2 N–H and O–H groups in total. The quantitative estimate of drug-likeness (QED) is 0.850. The Kier molecular flexibility index (Phi) is 4.63. The van der Waals surface area contributed by atoms with Gasteiger partial charge in [0.25, 0.3) is 0 Å². The average Bonchev–Trinajstić information content (AvgIpc) is 2.92. The van der Waals surface area contributed by atoms with Gasteiger partial charge in [0, 0.05) is 23.7 Å². The SMILES string of the molecule is COc1ccc(OC)c(-c2[nH]ncc2CNC(C)C)c1. The first-order valence-electron chi connectivity index (χ1n) is 6.63. The maximum atomic E-state index is 5.43. The molecular formula is C15H21N3O2. The number of H-pyrrole nitrogens is 1. The maximum Gasteiger partial charge on any atom is 0.128 e. The van der Waals surface area contributed by atoms with Crippen LogP contribution in [0.4, 0.5) is 0 Å². The van der Waals surface area contributed by atoms with E-state index >= 15 is 0 Å². The predicted molar refractivity (Wildman–Crippen MR) is 79.1 cm³/mol. The number of ether oxygens (including phenoxy) is 2. The molecule has 0 unspecified atom stereocenters. The molecule has 0 bridgehead atoms. The summed E-state index contributed by atoms with van der Waals surface area (Å²) in [6.07, 6.45) is 1.84. The Bertz CT molecular complexity index is 564. The van der Waals surface area contributed by atoms with Crippen molar-refractivity contribution < 1.29 is 9.47 Å². The number of benzene rings is 1. The Morgan fingerprint density at radius 3 is 2.70 bits per heavy atom. The number of aromatic amines is 1. The van der Waals surface area contributed by atoms with Crippen molar-refractivity contribution in [3.05, 3.63) is 30.0 Å². The van der Waals surface area contributed by atoms with Crippen molar-refractivity contribution in [3.8, 4) is 22.8 Å². The Morgan fingerprint density at radius 1 is 1.25 bits per heavy atom.